The summed E-state index contributed by atoms with van der Waals surface area (Å²) in [5.74, 6) is 0.308. The first kappa shape index (κ1) is 13.2. The number of fused-ring (bicyclic) bond motifs is 1. The van der Waals surface area contributed by atoms with E-state index in [2.05, 4.69) is 16.1 Å². The maximum Gasteiger partial charge on any atom is 0.308 e. The van der Waals surface area contributed by atoms with Crippen molar-refractivity contribution in [3.8, 4) is 5.75 Å². The highest BCUT2D eigenvalue weighted by Gasteiger charge is 2.12. The number of ether oxygens (including phenoxy) is 1. The smallest absolute Gasteiger partial charge is 0.308 e. The molecule has 4 heteroatoms. The molecule has 2 aromatic rings. The molecule has 0 aliphatic carbocycles. The minimum atomic E-state index is -0.287. The predicted molar refractivity (Wildman–Crippen MR) is 79.0 cm³/mol. The lowest BCUT2D eigenvalue weighted by Crippen LogP contribution is -2.21. The Morgan fingerprint density at radius 2 is 2.15 bits per heavy atom. The molecule has 1 aromatic carbocycles. The van der Waals surface area contributed by atoms with Gasteiger partial charge in [0.1, 0.15) is 5.75 Å². The first-order valence-electron chi connectivity index (χ1n) is 7.23. The Morgan fingerprint density at radius 1 is 1.35 bits per heavy atom. The van der Waals surface area contributed by atoms with E-state index in [1.165, 1.54) is 43.8 Å². The van der Waals surface area contributed by atoms with Gasteiger partial charge in [-0.25, -0.2) is 0 Å². The lowest BCUT2D eigenvalue weighted by atomic mass is 10.1. The molecule has 4 nitrogen and oxygen atoms in total. The molecule has 1 aliphatic heterocycles. The number of carbonyl (C=O) groups excluding carboxylic acids is 1. The van der Waals surface area contributed by atoms with Crippen molar-refractivity contribution in [2.24, 2.45) is 0 Å². The molecule has 0 atom stereocenters. The second-order valence-electron chi connectivity index (χ2n) is 5.41. The lowest BCUT2D eigenvalue weighted by Gasteiger charge is -2.13. The summed E-state index contributed by atoms with van der Waals surface area (Å²) < 4.78 is 5.11. The Morgan fingerprint density at radius 3 is 2.90 bits per heavy atom. The van der Waals surface area contributed by atoms with Crippen LogP contribution in [0.3, 0.4) is 0 Å². The SMILES string of the molecule is CC(=O)Oc1ccc2c(CCN3CCCC3)c[nH]c2c1. The highest BCUT2D eigenvalue weighted by Crippen LogP contribution is 2.24. The monoisotopic (exact) mass is 272 g/mol. The van der Waals surface area contributed by atoms with Gasteiger partial charge in [-0.05, 0) is 50.0 Å². The fourth-order valence-corrected chi connectivity index (χ4v) is 2.89. The average molecular weight is 272 g/mol. The van der Waals surface area contributed by atoms with Crippen LogP contribution in [0.4, 0.5) is 0 Å². The third-order valence-electron chi connectivity index (χ3n) is 3.90. The van der Waals surface area contributed by atoms with Crippen LogP contribution in [-0.4, -0.2) is 35.5 Å². The van der Waals surface area contributed by atoms with Crippen LogP contribution in [0, 0.1) is 0 Å². The van der Waals surface area contributed by atoms with Crippen LogP contribution < -0.4 is 4.74 Å². The molecule has 2 heterocycles. The van der Waals surface area contributed by atoms with E-state index in [0.29, 0.717) is 5.75 Å². The molecule has 0 bridgehead atoms. The molecule has 20 heavy (non-hydrogen) atoms. The number of aromatic amines is 1. The Kier molecular flexibility index (Phi) is 3.74. The molecule has 1 aliphatic rings. The highest BCUT2D eigenvalue weighted by atomic mass is 16.5. The number of carbonyl (C=O) groups is 1. The Balaban J connectivity index is 1.73. The van der Waals surface area contributed by atoms with Crippen molar-refractivity contribution < 1.29 is 9.53 Å². The zero-order chi connectivity index (χ0) is 13.9. The van der Waals surface area contributed by atoms with Crippen LogP contribution >= 0.6 is 0 Å². The van der Waals surface area contributed by atoms with E-state index in [0.717, 1.165) is 18.5 Å². The number of nitrogens with zero attached hydrogens (tertiary/aromatic N) is 1. The van der Waals surface area contributed by atoms with E-state index >= 15 is 0 Å². The van der Waals surface area contributed by atoms with Gasteiger partial charge in [0, 0.05) is 36.6 Å². The number of benzene rings is 1. The fourth-order valence-electron chi connectivity index (χ4n) is 2.89. The average Bonchev–Trinajstić information content (AvgIpc) is 3.04. The van der Waals surface area contributed by atoms with Crippen LogP contribution in [0.25, 0.3) is 10.9 Å². The molecule has 1 saturated heterocycles. The van der Waals surface area contributed by atoms with Crippen molar-refractivity contribution in [2.75, 3.05) is 19.6 Å². The van der Waals surface area contributed by atoms with Crippen LogP contribution in [0.15, 0.2) is 24.4 Å². The number of aromatic nitrogens is 1. The van der Waals surface area contributed by atoms with Gasteiger partial charge in [-0.3, -0.25) is 4.79 Å². The molecule has 1 aromatic heterocycles. The minimum absolute atomic E-state index is 0.287. The van der Waals surface area contributed by atoms with E-state index in [1.807, 2.05) is 18.2 Å². The zero-order valence-electron chi connectivity index (χ0n) is 11.8. The van der Waals surface area contributed by atoms with Crippen molar-refractivity contribution in [3.63, 3.8) is 0 Å². The van der Waals surface area contributed by atoms with Gasteiger partial charge in [-0.15, -0.1) is 0 Å². The number of rotatable bonds is 4. The molecule has 3 rings (SSSR count). The third kappa shape index (κ3) is 2.85. The molecule has 0 saturated carbocycles. The van der Waals surface area contributed by atoms with Gasteiger partial charge < -0.3 is 14.6 Å². The molecule has 106 valence electrons. The molecule has 1 fully saturated rings. The lowest BCUT2D eigenvalue weighted by molar-refractivity contribution is -0.131. The zero-order valence-corrected chi connectivity index (χ0v) is 11.8. The summed E-state index contributed by atoms with van der Waals surface area (Å²) in [6.45, 7) is 5.01. The van der Waals surface area contributed by atoms with Crippen molar-refractivity contribution in [1.82, 2.24) is 9.88 Å². The molecular weight excluding hydrogens is 252 g/mol. The van der Waals surface area contributed by atoms with Crippen LogP contribution in [-0.2, 0) is 11.2 Å². The summed E-state index contributed by atoms with van der Waals surface area (Å²) in [6, 6.07) is 5.77. The minimum Gasteiger partial charge on any atom is -0.427 e. The van der Waals surface area contributed by atoms with E-state index in [1.54, 1.807) is 0 Å². The van der Waals surface area contributed by atoms with Crippen molar-refractivity contribution in [1.29, 1.82) is 0 Å². The first-order chi connectivity index (χ1) is 9.72. The van der Waals surface area contributed by atoms with Gasteiger partial charge in [-0.1, -0.05) is 0 Å². The van der Waals surface area contributed by atoms with E-state index in [4.69, 9.17) is 4.74 Å². The van der Waals surface area contributed by atoms with Gasteiger partial charge >= 0.3 is 5.97 Å². The Hall–Kier alpha value is -1.81. The number of nitrogens with one attached hydrogen (secondary N) is 1. The Bertz CT molecular complexity index is 612. The van der Waals surface area contributed by atoms with Gasteiger partial charge in [0.25, 0.3) is 0 Å². The first-order valence-corrected chi connectivity index (χ1v) is 7.23. The molecular formula is C16H20N2O2. The summed E-state index contributed by atoms with van der Waals surface area (Å²) in [5, 5.41) is 1.22. The summed E-state index contributed by atoms with van der Waals surface area (Å²) in [5.41, 5.74) is 2.36. The maximum atomic E-state index is 11.0. The molecule has 1 N–H and O–H groups in total. The normalized spacial score (nSPS) is 15.8. The summed E-state index contributed by atoms with van der Waals surface area (Å²) in [6.07, 6.45) is 5.80. The number of likely N-dealkylation sites (tertiary alicyclic amines) is 1. The largest absolute Gasteiger partial charge is 0.427 e. The van der Waals surface area contributed by atoms with Gasteiger partial charge in [0.2, 0.25) is 0 Å². The van der Waals surface area contributed by atoms with Gasteiger partial charge in [-0.2, -0.15) is 0 Å². The van der Waals surface area contributed by atoms with Crippen LogP contribution in [0.1, 0.15) is 25.3 Å². The van der Waals surface area contributed by atoms with Crippen molar-refractivity contribution in [3.05, 3.63) is 30.0 Å². The number of H-pyrrole nitrogens is 1. The van der Waals surface area contributed by atoms with Crippen LogP contribution in [0.2, 0.25) is 0 Å². The second-order valence-corrected chi connectivity index (χ2v) is 5.41. The quantitative estimate of drug-likeness (QED) is 0.687. The molecule has 0 radical (unpaired) electrons. The highest BCUT2D eigenvalue weighted by molar-refractivity contribution is 5.85. The molecule has 0 amide bonds. The van der Waals surface area contributed by atoms with Crippen LogP contribution in [0.5, 0.6) is 5.75 Å². The molecule has 0 unspecified atom stereocenters. The topological polar surface area (TPSA) is 45.3 Å². The van der Waals surface area contributed by atoms with Gasteiger partial charge in [0.15, 0.2) is 0 Å². The van der Waals surface area contributed by atoms with E-state index < -0.39 is 0 Å². The molecule has 0 spiro atoms. The van der Waals surface area contributed by atoms with Crippen molar-refractivity contribution >= 4 is 16.9 Å². The van der Waals surface area contributed by atoms with Gasteiger partial charge in [0.05, 0.1) is 0 Å². The summed E-state index contributed by atoms with van der Waals surface area (Å²) in [7, 11) is 0. The number of hydrogen-bond acceptors (Lipinski definition) is 3. The maximum absolute atomic E-state index is 11.0. The van der Waals surface area contributed by atoms with E-state index in [-0.39, 0.29) is 5.97 Å². The second kappa shape index (κ2) is 5.67. The third-order valence-corrected chi connectivity index (χ3v) is 3.90. The van der Waals surface area contributed by atoms with Crippen molar-refractivity contribution in [2.45, 2.75) is 26.2 Å². The summed E-state index contributed by atoms with van der Waals surface area (Å²) >= 11 is 0. The predicted octanol–water partition coefficient (Wildman–Crippen LogP) is 2.73. The summed E-state index contributed by atoms with van der Waals surface area (Å²) in [4.78, 5) is 16.8. The van der Waals surface area contributed by atoms with E-state index in [9.17, 15) is 4.79 Å². The standard InChI is InChI=1S/C16H20N2O2/c1-12(19)20-14-4-5-15-13(11-17-16(15)10-14)6-9-18-7-2-3-8-18/h4-5,10-11,17H,2-3,6-9H2,1H3. The Labute approximate surface area is 118 Å². The fraction of sp³-hybridized carbons (Fsp3) is 0.438. The number of hydrogen-bond donors (Lipinski definition) is 1. The number of esters is 1.